The summed E-state index contributed by atoms with van der Waals surface area (Å²) in [5.74, 6) is 0. The smallest absolute Gasteiger partial charge is 0.147 e. The molecular formula is C13H26N2O2. The zero-order valence-corrected chi connectivity index (χ0v) is 12.0. The summed E-state index contributed by atoms with van der Waals surface area (Å²) in [4.78, 5) is 0. The molecule has 2 fully saturated rings. The fourth-order valence-corrected chi connectivity index (χ4v) is 2.19. The molecule has 0 amide bonds. The minimum atomic E-state index is 0.0728. The minimum absolute atomic E-state index is 0.0728. The van der Waals surface area contributed by atoms with Crippen LogP contribution in [0.25, 0.3) is 0 Å². The molecular weight excluding hydrogens is 216 g/mol. The van der Waals surface area contributed by atoms with E-state index in [0.29, 0.717) is 6.10 Å². The summed E-state index contributed by atoms with van der Waals surface area (Å²) in [6.45, 7) is 16.2. The van der Waals surface area contributed by atoms with E-state index in [0.717, 1.165) is 19.8 Å². The van der Waals surface area contributed by atoms with Gasteiger partial charge in [-0.2, -0.15) is 0 Å². The number of epoxide rings is 2. The van der Waals surface area contributed by atoms with Crippen LogP contribution in [0.3, 0.4) is 0 Å². The highest BCUT2D eigenvalue weighted by atomic mass is 16.6. The fraction of sp³-hybridized carbons (Fsp3) is 1.00. The van der Waals surface area contributed by atoms with Crippen molar-refractivity contribution >= 4 is 0 Å². The Labute approximate surface area is 105 Å². The quantitative estimate of drug-likeness (QED) is 0.556. The van der Waals surface area contributed by atoms with Gasteiger partial charge in [0.2, 0.25) is 0 Å². The van der Waals surface area contributed by atoms with Crippen LogP contribution in [0, 0.1) is 0 Å². The van der Waals surface area contributed by atoms with Gasteiger partial charge in [0, 0.05) is 17.6 Å². The zero-order valence-electron chi connectivity index (χ0n) is 12.0. The van der Waals surface area contributed by atoms with Gasteiger partial charge in [-0.3, -0.25) is 0 Å². The van der Waals surface area contributed by atoms with Crippen LogP contribution < -0.4 is 0 Å². The van der Waals surface area contributed by atoms with Gasteiger partial charge in [-0.25, -0.2) is 10.0 Å². The molecule has 0 aliphatic carbocycles. The van der Waals surface area contributed by atoms with Crippen LogP contribution in [0.5, 0.6) is 0 Å². The monoisotopic (exact) mass is 242 g/mol. The van der Waals surface area contributed by atoms with E-state index in [1.54, 1.807) is 0 Å². The summed E-state index contributed by atoms with van der Waals surface area (Å²) in [6.07, 6.45) is 0.644. The van der Waals surface area contributed by atoms with E-state index in [-0.39, 0.29) is 17.3 Å². The molecule has 2 rings (SSSR count). The summed E-state index contributed by atoms with van der Waals surface area (Å²) in [5.41, 5.74) is 0.161. The topological polar surface area (TPSA) is 31.5 Å². The molecule has 100 valence electrons. The minimum Gasteiger partial charge on any atom is -0.372 e. The van der Waals surface area contributed by atoms with E-state index >= 15 is 0 Å². The molecule has 0 radical (unpaired) electrons. The van der Waals surface area contributed by atoms with Crippen molar-refractivity contribution in [1.29, 1.82) is 0 Å². The summed E-state index contributed by atoms with van der Waals surface area (Å²) in [6, 6.07) is 0. The van der Waals surface area contributed by atoms with Crippen LogP contribution in [0.2, 0.25) is 0 Å². The first-order chi connectivity index (χ1) is 7.69. The van der Waals surface area contributed by atoms with E-state index in [1.165, 1.54) is 0 Å². The molecule has 2 atom stereocenters. The van der Waals surface area contributed by atoms with Crippen molar-refractivity contribution in [3.63, 3.8) is 0 Å². The number of hydrazine groups is 1. The van der Waals surface area contributed by atoms with Gasteiger partial charge < -0.3 is 9.47 Å². The van der Waals surface area contributed by atoms with Crippen LogP contribution >= 0.6 is 0 Å². The lowest BCUT2D eigenvalue weighted by Gasteiger charge is -2.49. The molecule has 2 aliphatic heterocycles. The fourth-order valence-electron chi connectivity index (χ4n) is 2.19. The van der Waals surface area contributed by atoms with E-state index in [4.69, 9.17) is 9.47 Å². The van der Waals surface area contributed by atoms with Crippen LogP contribution in [0.4, 0.5) is 0 Å². The number of hydrogen-bond acceptors (Lipinski definition) is 4. The Bertz CT molecular complexity index is 272. The second-order valence-electron chi connectivity index (χ2n) is 7.01. The maximum atomic E-state index is 5.52. The van der Waals surface area contributed by atoms with Gasteiger partial charge in [-0.15, -0.1) is 0 Å². The maximum absolute atomic E-state index is 5.52. The molecule has 2 saturated heterocycles. The first-order valence-corrected chi connectivity index (χ1v) is 6.50. The van der Waals surface area contributed by atoms with E-state index in [9.17, 15) is 0 Å². The molecule has 0 aromatic carbocycles. The number of hydrogen-bond donors (Lipinski definition) is 0. The van der Waals surface area contributed by atoms with Gasteiger partial charge >= 0.3 is 0 Å². The van der Waals surface area contributed by atoms with Crippen molar-refractivity contribution in [2.75, 3.05) is 19.8 Å². The standard InChI is InChI=1S/C13H26N2O2/c1-12(2,3)14(7-10-8-16-10)15(11-9-17-11)13(4,5)6/h10-11H,7-9H2,1-6H3. The summed E-state index contributed by atoms with van der Waals surface area (Å²) >= 11 is 0. The average Bonchev–Trinajstić information content (AvgIpc) is 2.93. The normalized spacial score (nSPS) is 28.9. The Balaban J connectivity index is 2.15. The molecule has 2 aliphatic rings. The van der Waals surface area contributed by atoms with E-state index in [1.807, 2.05) is 0 Å². The molecule has 2 unspecified atom stereocenters. The number of ether oxygens (including phenoxy) is 2. The maximum Gasteiger partial charge on any atom is 0.147 e. The van der Waals surface area contributed by atoms with Gasteiger partial charge in [0.05, 0.1) is 19.3 Å². The van der Waals surface area contributed by atoms with Gasteiger partial charge in [-0.1, -0.05) is 0 Å². The molecule has 0 saturated carbocycles. The van der Waals surface area contributed by atoms with Crippen molar-refractivity contribution in [2.45, 2.75) is 65.0 Å². The van der Waals surface area contributed by atoms with Crippen LogP contribution in [0.15, 0.2) is 0 Å². The second-order valence-corrected chi connectivity index (χ2v) is 7.01. The Kier molecular flexibility index (Phi) is 3.28. The van der Waals surface area contributed by atoms with Crippen molar-refractivity contribution in [3.8, 4) is 0 Å². The van der Waals surface area contributed by atoms with Crippen LogP contribution in [-0.2, 0) is 9.47 Å². The van der Waals surface area contributed by atoms with Gasteiger partial charge in [0.25, 0.3) is 0 Å². The molecule has 17 heavy (non-hydrogen) atoms. The Morgan fingerprint density at radius 1 is 0.941 bits per heavy atom. The van der Waals surface area contributed by atoms with Crippen molar-refractivity contribution < 1.29 is 9.47 Å². The van der Waals surface area contributed by atoms with Crippen molar-refractivity contribution in [1.82, 2.24) is 10.0 Å². The SMILES string of the molecule is CC(C)(C)N(CC1CO1)N(C1CO1)C(C)(C)C. The van der Waals surface area contributed by atoms with Crippen molar-refractivity contribution in [3.05, 3.63) is 0 Å². The molecule has 0 N–H and O–H groups in total. The molecule has 0 spiro atoms. The Morgan fingerprint density at radius 2 is 1.47 bits per heavy atom. The predicted octanol–water partition coefficient (Wildman–Crippen LogP) is 1.86. The van der Waals surface area contributed by atoms with Gasteiger partial charge in [0.1, 0.15) is 6.23 Å². The average molecular weight is 242 g/mol. The van der Waals surface area contributed by atoms with Crippen molar-refractivity contribution in [2.24, 2.45) is 0 Å². The van der Waals surface area contributed by atoms with Gasteiger partial charge in [0.15, 0.2) is 0 Å². The highest BCUT2D eigenvalue weighted by Gasteiger charge is 2.46. The number of rotatable bonds is 4. The summed E-state index contributed by atoms with van der Waals surface area (Å²) in [7, 11) is 0. The largest absolute Gasteiger partial charge is 0.372 e. The van der Waals surface area contributed by atoms with E-state index in [2.05, 4.69) is 51.6 Å². The lowest BCUT2D eigenvalue weighted by molar-refractivity contribution is -0.168. The van der Waals surface area contributed by atoms with Crippen LogP contribution in [0.1, 0.15) is 41.5 Å². The molecule has 4 heteroatoms. The lowest BCUT2D eigenvalue weighted by Crippen LogP contribution is -2.61. The lowest BCUT2D eigenvalue weighted by atomic mass is 10.0. The molecule has 0 bridgehead atoms. The highest BCUT2D eigenvalue weighted by molar-refractivity contribution is 4.89. The van der Waals surface area contributed by atoms with E-state index < -0.39 is 0 Å². The van der Waals surface area contributed by atoms with Gasteiger partial charge in [-0.05, 0) is 41.5 Å². The first kappa shape index (κ1) is 13.3. The first-order valence-electron chi connectivity index (χ1n) is 6.50. The molecule has 0 aromatic heterocycles. The third-order valence-corrected chi connectivity index (χ3v) is 3.09. The Morgan fingerprint density at radius 3 is 1.76 bits per heavy atom. The molecule has 0 aromatic rings. The Hall–Kier alpha value is -0.160. The molecule has 4 nitrogen and oxygen atoms in total. The third kappa shape index (κ3) is 3.41. The summed E-state index contributed by atoms with van der Waals surface area (Å²) < 4.78 is 10.9. The zero-order chi connectivity index (χ0) is 12.8. The number of nitrogens with zero attached hydrogens (tertiary/aromatic N) is 2. The summed E-state index contributed by atoms with van der Waals surface area (Å²) in [5, 5.41) is 4.80. The predicted molar refractivity (Wildman–Crippen MR) is 67.5 cm³/mol. The molecule has 2 heterocycles. The highest BCUT2D eigenvalue weighted by Crippen LogP contribution is 2.33. The third-order valence-electron chi connectivity index (χ3n) is 3.09. The second kappa shape index (κ2) is 4.19. The van der Waals surface area contributed by atoms with Crippen LogP contribution in [-0.4, -0.2) is 53.2 Å².